The van der Waals surface area contributed by atoms with Gasteiger partial charge in [-0.3, -0.25) is 4.79 Å². The minimum atomic E-state index is -0.412. The highest BCUT2D eigenvalue weighted by atomic mass is 32.1. The highest BCUT2D eigenvalue weighted by Crippen LogP contribution is 2.19. The maximum Gasteiger partial charge on any atom is 0.177 e. The van der Waals surface area contributed by atoms with Crippen LogP contribution in [-0.2, 0) is 15.9 Å². The summed E-state index contributed by atoms with van der Waals surface area (Å²) in [5.74, 6) is 0.0987. The Balaban J connectivity index is 2.56. The van der Waals surface area contributed by atoms with Crippen LogP contribution < -0.4 is 0 Å². The second kappa shape index (κ2) is 7.58. The molecule has 0 spiro atoms. The summed E-state index contributed by atoms with van der Waals surface area (Å²) < 4.78 is 10.7. The van der Waals surface area contributed by atoms with Gasteiger partial charge in [-0.25, -0.2) is 0 Å². The lowest BCUT2D eigenvalue weighted by Crippen LogP contribution is -2.21. The molecule has 1 heterocycles. The minimum Gasteiger partial charge on any atom is -0.352 e. The van der Waals surface area contributed by atoms with E-state index < -0.39 is 6.29 Å². The molecule has 3 nitrogen and oxygen atoms in total. The summed E-state index contributed by atoms with van der Waals surface area (Å²) in [6, 6.07) is 3.90. The Labute approximate surface area is 107 Å². The molecule has 0 radical (unpaired) electrons. The van der Waals surface area contributed by atoms with Crippen LogP contribution in [0.5, 0.6) is 0 Å². The van der Waals surface area contributed by atoms with Gasteiger partial charge in [0.25, 0.3) is 0 Å². The number of ketones is 1. The molecule has 1 aromatic rings. The first-order chi connectivity index (χ1) is 8.21. The number of Topliss-reactive ketones (excluding diaryl/α,β-unsaturated/α-hetero) is 1. The SMILES string of the molecule is CCOC(CC(=O)c1ccc(CC)s1)OCC. The van der Waals surface area contributed by atoms with Crippen LogP contribution in [0.4, 0.5) is 0 Å². The average Bonchev–Trinajstić information content (AvgIpc) is 2.78. The first-order valence-corrected chi connectivity index (χ1v) is 6.87. The van der Waals surface area contributed by atoms with Gasteiger partial charge in [-0.1, -0.05) is 6.92 Å². The Morgan fingerprint density at radius 1 is 1.24 bits per heavy atom. The predicted octanol–water partition coefficient (Wildman–Crippen LogP) is 3.28. The van der Waals surface area contributed by atoms with Crippen molar-refractivity contribution < 1.29 is 14.3 Å². The summed E-state index contributed by atoms with van der Waals surface area (Å²) in [6.45, 7) is 7.00. The largest absolute Gasteiger partial charge is 0.352 e. The zero-order valence-electron chi connectivity index (χ0n) is 10.7. The molecule has 17 heavy (non-hydrogen) atoms. The van der Waals surface area contributed by atoms with Crippen molar-refractivity contribution in [3.63, 3.8) is 0 Å². The highest BCUT2D eigenvalue weighted by molar-refractivity contribution is 7.14. The summed E-state index contributed by atoms with van der Waals surface area (Å²) in [5.41, 5.74) is 0. The molecule has 0 aromatic carbocycles. The lowest BCUT2D eigenvalue weighted by molar-refractivity contribution is -0.133. The second-order valence-corrected chi connectivity index (χ2v) is 4.76. The molecule has 0 aliphatic heterocycles. The summed E-state index contributed by atoms with van der Waals surface area (Å²) in [4.78, 5) is 14.0. The zero-order chi connectivity index (χ0) is 12.7. The standard InChI is InChI=1S/C13H20O3S/c1-4-10-7-8-12(17-10)11(14)9-13(15-5-2)16-6-3/h7-8,13H,4-6,9H2,1-3H3. The number of aryl methyl sites for hydroxylation is 1. The van der Waals surface area contributed by atoms with E-state index in [1.807, 2.05) is 26.0 Å². The van der Waals surface area contributed by atoms with Crippen LogP contribution in [0.3, 0.4) is 0 Å². The predicted molar refractivity (Wildman–Crippen MR) is 69.7 cm³/mol. The number of thiophene rings is 1. The molecule has 1 rings (SSSR count). The number of hydrogen-bond donors (Lipinski definition) is 0. The van der Waals surface area contributed by atoms with E-state index in [9.17, 15) is 4.79 Å². The van der Waals surface area contributed by atoms with Crippen LogP contribution in [0.2, 0.25) is 0 Å². The van der Waals surface area contributed by atoms with E-state index in [0.717, 1.165) is 11.3 Å². The number of rotatable bonds is 8. The molecule has 4 heteroatoms. The van der Waals surface area contributed by atoms with Gasteiger partial charge in [0.15, 0.2) is 12.1 Å². The molecular formula is C13H20O3S. The molecule has 0 saturated carbocycles. The smallest absolute Gasteiger partial charge is 0.177 e. The van der Waals surface area contributed by atoms with E-state index in [1.54, 1.807) is 11.3 Å². The van der Waals surface area contributed by atoms with E-state index >= 15 is 0 Å². The third kappa shape index (κ3) is 4.58. The van der Waals surface area contributed by atoms with Gasteiger partial charge in [0, 0.05) is 18.1 Å². The Morgan fingerprint density at radius 3 is 2.35 bits per heavy atom. The Bertz CT molecular complexity index is 340. The monoisotopic (exact) mass is 256 g/mol. The fourth-order valence-electron chi connectivity index (χ4n) is 1.51. The Hall–Kier alpha value is -0.710. The number of hydrogen-bond acceptors (Lipinski definition) is 4. The first kappa shape index (κ1) is 14.4. The third-order valence-electron chi connectivity index (χ3n) is 2.34. The molecule has 0 N–H and O–H groups in total. The quantitative estimate of drug-likeness (QED) is 0.529. The summed E-state index contributed by atoms with van der Waals surface area (Å²) in [5, 5.41) is 0. The number of carbonyl (C=O) groups excluding carboxylic acids is 1. The first-order valence-electron chi connectivity index (χ1n) is 6.06. The maximum absolute atomic E-state index is 12.0. The fourth-order valence-corrected chi connectivity index (χ4v) is 2.40. The van der Waals surface area contributed by atoms with Crippen molar-refractivity contribution in [2.75, 3.05) is 13.2 Å². The van der Waals surface area contributed by atoms with Crippen molar-refractivity contribution in [1.82, 2.24) is 0 Å². The molecule has 96 valence electrons. The van der Waals surface area contributed by atoms with Crippen molar-refractivity contribution in [3.05, 3.63) is 21.9 Å². The average molecular weight is 256 g/mol. The van der Waals surface area contributed by atoms with Crippen LogP contribution in [0.15, 0.2) is 12.1 Å². The van der Waals surface area contributed by atoms with Crippen LogP contribution in [0, 0.1) is 0 Å². The maximum atomic E-state index is 12.0. The summed E-state index contributed by atoms with van der Waals surface area (Å²) >= 11 is 1.56. The Kier molecular flexibility index (Phi) is 6.40. The highest BCUT2D eigenvalue weighted by Gasteiger charge is 2.16. The van der Waals surface area contributed by atoms with Crippen molar-refractivity contribution in [3.8, 4) is 0 Å². The van der Waals surface area contributed by atoms with E-state index in [-0.39, 0.29) is 5.78 Å². The van der Waals surface area contributed by atoms with E-state index in [1.165, 1.54) is 4.88 Å². The van der Waals surface area contributed by atoms with Crippen molar-refractivity contribution in [1.29, 1.82) is 0 Å². The van der Waals surface area contributed by atoms with Gasteiger partial charge in [-0.2, -0.15) is 0 Å². The van der Waals surface area contributed by atoms with Crippen LogP contribution in [-0.4, -0.2) is 25.3 Å². The summed E-state index contributed by atoms with van der Waals surface area (Å²) in [7, 11) is 0. The van der Waals surface area contributed by atoms with E-state index in [4.69, 9.17) is 9.47 Å². The Morgan fingerprint density at radius 2 is 1.88 bits per heavy atom. The molecule has 0 aliphatic carbocycles. The van der Waals surface area contributed by atoms with Crippen molar-refractivity contribution >= 4 is 17.1 Å². The minimum absolute atomic E-state index is 0.0987. The topological polar surface area (TPSA) is 35.5 Å². The second-order valence-electron chi connectivity index (χ2n) is 3.59. The van der Waals surface area contributed by atoms with Crippen LogP contribution >= 0.6 is 11.3 Å². The van der Waals surface area contributed by atoms with Gasteiger partial charge >= 0.3 is 0 Å². The molecule has 0 atom stereocenters. The molecule has 0 aliphatic rings. The number of carbonyl (C=O) groups is 1. The molecule has 0 amide bonds. The zero-order valence-corrected chi connectivity index (χ0v) is 11.5. The molecule has 0 saturated heterocycles. The summed E-state index contributed by atoms with van der Waals surface area (Å²) in [6.07, 6.45) is 0.855. The van der Waals surface area contributed by atoms with Crippen molar-refractivity contribution in [2.24, 2.45) is 0 Å². The molecule has 0 fully saturated rings. The van der Waals surface area contributed by atoms with Gasteiger partial charge in [0.1, 0.15) is 0 Å². The van der Waals surface area contributed by atoms with Gasteiger partial charge in [0.05, 0.1) is 11.3 Å². The molecule has 1 aromatic heterocycles. The fraction of sp³-hybridized carbons (Fsp3) is 0.615. The van der Waals surface area contributed by atoms with Crippen LogP contribution in [0.1, 0.15) is 41.7 Å². The molecule has 0 bridgehead atoms. The third-order valence-corrected chi connectivity index (χ3v) is 3.61. The van der Waals surface area contributed by atoms with Crippen LogP contribution in [0.25, 0.3) is 0 Å². The van der Waals surface area contributed by atoms with E-state index in [2.05, 4.69) is 6.92 Å². The lowest BCUT2D eigenvalue weighted by Gasteiger charge is -2.15. The van der Waals surface area contributed by atoms with Crippen molar-refractivity contribution in [2.45, 2.75) is 39.9 Å². The van der Waals surface area contributed by atoms with Gasteiger partial charge in [-0.15, -0.1) is 11.3 Å². The number of ether oxygens (including phenoxy) is 2. The lowest BCUT2D eigenvalue weighted by atomic mass is 10.2. The molecular weight excluding hydrogens is 236 g/mol. The molecule has 0 unspecified atom stereocenters. The van der Waals surface area contributed by atoms with Gasteiger partial charge in [0.2, 0.25) is 0 Å². The van der Waals surface area contributed by atoms with E-state index in [0.29, 0.717) is 19.6 Å². The van der Waals surface area contributed by atoms with Gasteiger partial charge < -0.3 is 9.47 Å². The normalized spacial score (nSPS) is 11.1. The van der Waals surface area contributed by atoms with Gasteiger partial charge in [-0.05, 0) is 32.4 Å².